The molecule has 5 nitrogen and oxygen atoms in total. The normalized spacial score (nSPS) is 16.5. The molecule has 0 spiro atoms. The van der Waals surface area contributed by atoms with Gasteiger partial charge in [0.1, 0.15) is 5.01 Å². The van der Waals surface area contributed by atoms with Crippen LogP contribution in [0.3, 0.4) is 0 Å². The lowest BCUT2D eigenvalue weighted by atomic mass is 9.85. The molecule has 1 aliphatic rings. The SMILES string of the molecule is CC(C)(c1ccccc1)c1nnc(NC(=O)C2(N)CC2)s1. The third-order valence-corrected chi connectivity index (χ3v) is 5.08. The van der Waals surface area contributed by atoms with Crippen molar-refractivity contribution in [3.8, 4) is 0 Å². The number of amides is 1. The van der Waals surface area contributed by atoms with Crippen LogP contribution in [0.15, 0.2) is 30.3 Å². The highest BCUT2D eigenvalue weighted by Gasteiger charge is 2.46. The summed E-state index contributed by atoms with van der Waals surface area (Å²) in [7, 11) is 0. The molecular weight excluding hydrogens is 284 g/mol. The summed E-state index contributed by atoms with van der Waals surface area (Å²) in [6, 6.07) is 10.1. The van der Waals surface area contributed by atoms with Crippen molar-refractivity contribution in [3.63, 3.8) is 0 Å². The Morgan fingerprint density at radius 1 is 1.29 bits per heavy atom. The van der Waals surface area contributed by atoms with E-state index in [1.165, 1.54) is 11.3 Å². The van der Waals surface area contributed by atoms with Gasteiger partial charge in [-0.3, -0.25) is 10.1 Å². The minimum Gasteiger partial charge on any atom is -0.317 e. The molecule has 0 atom stereocenters. The average molecular weight is 302 g/mol. The molecular formula is C15H18N4OS. The van der Waals surface area contributed by atoms with E-state index in [-0.39, 0.29) is 11.3 Å². The van der Waals surface area contributed by atoms with Gasteiger partial charge in [-0.15, -0.1) is 10.2 Å². The van der Waals surface area contributed by atoms with Crippen LogP contribution in [0.2, 0.25) is 0 Å². The van der Waals surface area contributed by atoms with E-state index in [4.69, 9.17) is 5.73 Å². The third kappa shape index (κ3) is 2.69. The molecule has 3 rings (SSSR count). The van der Waals surface area contributed by atoms with Gasteiger partial charge < -0.3 is 5.73 Å². The number of hydrogen-bond acceptors (Lipinski definition) is 5. The quantitative estimate of drug-likeness (QED) is 0.908. The van der Waals surface area contributed by atoms with E-state index in [2.05, 4.69) is 41.5 Å². The number of anilines is 1. The maximum atomic E-state index is 11.9. The minimum absolute atomic E-state index is 0.164. The number of nitrogens with zero attached hydrogens (tertiary/aromatic N) is 2. The predicted octanol–water partition coefficient (Wildman–Crippen LogP) is 2.29. The van der Waals surface area contributed by atoms with Crippen LogP contribution in [-0.4, -0.2) is 21.6 Å². The molecule has 1 fully saturated rings. The van der Waals surface area contributed by atoms with Crippen molar-refractivity contribution in [3.05, 3.63) is 40.9 Å². The minimum atomic E-state index is -0.694. The number of carbonyl (C=O) groups excluding carboxylic acids is 1. The van der Waals surface area contributed by atoms with Crippen LogP contribution in [0.25, 0.3) is 0 Å². The second kappa shape index (κ2) is 4.89. The Hall–Kier alpha value is -1.79. The first-order valence-electron chi connectivity index (χ1n) is 6.92. The molecule has 0 aliphatic heterocycles. The lowest BCUT2D eigenvalue weighted by molar-refractivity contribution is -0.118. The molecule has 0 radical (unpaired) electrons. The first kappa shape index (κ1) is 14.2. The third-order valence-electron chi connectivity index (χ3n) is 3.92. The molecule has 1 amide bonds. The maximum Gasteiger partial charge on any atom is 0.246 e. The summed E-state index contributed by atoms with van der Waals surface area (Å²) < 4.78 is 0. The Balaban J connectivity index is 1.80. The highest BCUT2D eigenvalue weighted by Crippen LogP contribution is 2.36. The lowest BCUT2D eigenvalue weighted by Crippen LogP contribution is -2.37. The summed E-state index contributed by atoms with van der Waals surface area (Å²) >= 11 is 1.40. The first-order chi connectivity index (χ1) is 9.92. The molecule has 110 valence electrons. The zero-order chi connectivity index (χ0) is 15.1. The predicted molar refractivity (Wildman–Crippen MR) is 83.3 cm³/mol. The summed E-state index contributed by atoms with van der Waals surface area (Å²) in [5, 5.41) is 12.4. The Morgan fingerprint density at radius 3 is 2.57 bits per heavy atom. The molecule has 0 saturated heterocycles. The fourth-order valence-corrected chi connectivity index (χ4v) is 2.95. The van der Waals surface area contributed by atoms with Gasteiger partial charge >= 0.3 is 0 Å². The highest BCUT2D eigenvalue weighted by atomic mass is 32.1. The lowest BCUT2D eigenvalue weighted by Gasteiger charge is -2.21. The molecule has 21 heavy (non-hydrogen) atoms. The molecule has 3 N–H and O–H groups in total. The largest absolute Gasteiger partial charge is 0.317 e. The summed E-state index contributed by atoms with van der Waals surface area (Å²) in [6.07, 6.45) is 1.47. The zero-order valence-corrected chi connectivity index (χ0v) is 12.9. The van der Waals surface area contributed by atoms with E-state index in [0.717, 1.165) is 23.4 Å². The number of rotatable bonds is 4. The first-order valence-corrected chi connectivity index (χ1v) is 7.73. The zero-order valence-electron chi connectivity index (χ0n) is 12.1. The van der Waals surface area contributed by atoms with E-state index in [9.17, 15) is 4.79 Å². The van der Waals surface area contributed by atoms with Crippen LogP contribution < -0.4 is 11.1 Å². The van der Waals surface area contributed by atoms with Crippen LogP contribution in [0.1, 0.15) is 37.3 Å². The van der Waals surface area contributed by atoms with Gasteiger partial charge in [0.15, 0.2) is 0 Å². The summed E-state index contributed by atoms with van der Waals surface area (Å²) in [5.74, 6) is -0.164. The Kier molecular flexibility index (Phi) is 3.30. The van der Waals surface area contributed by atoms with Gasteiger partial charge in [0.25, 0.3) is 0 Å². The molecule has 0 unspecified atom stereocenters. The molecule has 6 heteroatoms. The summed E-state index contributed by atoms with van der Waals surface area (Å²) in [5.41, 5.74) is 6.09. The van der Waals surface area contributed by atoms with E-state index in [1.807, 2.05) is 18.2 Å². The molecule has 2 aromatic rings. The highest BCUT2D eigenvalue weighted by molar-refractivity contribution is 7.15. The van der Waals surface area contributed by atoms with Crippen LogP contribution in [0.4, 0.5) is 5.13 Å². The molecule has 1 aliphatic carbocycles. The van der Waals surface area contributed by atoms with Crippen LogP contribution in [0.5, 0.6) is 0 Å². The number of nitrogens with one attached hydrogen (secondary N) is 1. The number of nitrogens with two attached hydrogens (primary N) is 1. The van der Waals surface area contributed by atoms with E-state index >= 15 is 0 Å². The van der Waals surface area contributed by atoms with Crippen molar-refractivity contribution >= 4 is 22.4 Å². The van der Waals surface area contributed by atoms with Crippen LogP contribution in [-0.2, 0) is 10.2 Å². The van der Waals surface area contributed by atoms with E-state index in [0.29, 0.717) is 5.13 Å². The van der Waals surface area contributed by atoms with Gasteiger partial charge in [-0.2, -0.15) is 0 Å². The van der Waals surface area contributed by atoms with E-state index in [1.54, 1.807) is 0 Å². The molecule has 0 bridgehead atoms. The fraction of sp³-hybridized carbons (Fsp3) is 0.400. The number of benzene rings is 1. The molecule has 1 aromatic carbocycles. The second-order valence-corrected chi connectivity index (χ2v) is 6.99. The smallest absolute Gasteiger partial charge is 0.246 e. The maximum absolute atomic E-state index is 11.9. The van der Waals surface area contributed by atoms with E-state index < -0.39 is 5.54 Å². The molecule has 1 saturated carbocycles. The number of hydrogen-bond donors (Lipinski definition) is 2. The Bertz CT molecular complexity index is 661. The number of carbonyl (C=O) groups is 1. The van der Waals surface area contributed by atoms with Crippen molar-refractivity contribution in [1.29, 1.82) is 0 Å². The average Bonchev–Trinajstić information content (AvgIpc) is 3.05. The van der Waals surface area contributed by atoms with Gasteiger partial charge in [0, 0.05) is 5.41 Å². The standard InChI is InChI=1S/C15H18N4OS/c1-14(2,10-6-4-3-5-7-10)12-18-19-13(21-12)17-11(20)15(16)8-9-15/h3-7H,8-9,16H2,1-2H3,(H,17,19,20). The van der Waals surface area contributed by atoms with Gasteiger partial charge in [-0.05, 0) is 32.3 Å². The molecule has 1 heterocycles. The summed E-state index contributed by atoms with van der Waals surface area (Å²) in [6.45, 7) is 4.19. The van der Waals surface area contributed by atoms with Crippen molar-refractivity contribution < 1.29 is 4.79 Å². The van der Waals surface area contributed by atoms with Gasteiger partial charge in [0.05, 0.1) is 5.54 Å². The monoisotopic (exact) mass is 302 g/mol. The van der Waals surface area contributed by atoms with Gasteiger partial charge in [-0.1, -0.05) is 41.7 Å². The van der Waals surface area contributed by atoms with Gasteiger partial charge in [-0.25, -0.2) is 0 Å². The number of aromatic nitrogens is 2. The van der Waals surface area contributed by atoms with Crippen molar-refractivity contribution in [2.45, 2.75) is 37.6 Å². The van der Waals surface area contributed by atoms with Crippen molar-refractivity contribution in [1.82, 2.24) is 10.2 Å². The fourth-order valence-electron chi connectivity index (χ4n) is 2.09. The second-order valence-electron chi connectivity index (χ2n) is 6.01. The molecule has 1 aromatic heterocycles. The van der Waals surface area contributed by atoms with Crippen molar-refractivity contribution in [2.24, 2.45) is 5.73 Å². The van der Waals surface area contributed by atoms with Gasteiger partial charge in [0.2, 0.25) is 11.0 Å². The van der Waals surface area contributed by atoms with Crippen LogP contribution in [0, 0.1) is 0 Å². The van der Waals surface area contributed by atoms with Crippen LogP contribution >= 0.6 is 11.3 Å². The topological polar surface area (TPSA) is 80.9 Å². The Morgan fingerprint density at radius 2 is 1.95 bits per heavy atom. The van der Waals surface area contributed by atoms with Crippen molar-refractivity contribution in [2.75, 3.05) is 5.32 Å². The summed E-state index contributed by atoms with van der Waals surface area (Å²) in [4.78, 5) is 11.9. The Labute approximate surface area is 127 Å².